The maximum atomic E-state index is 11.4. The SMILES string of the molecule is Cc1ccc(OCCNC(=O)OC(C)(C)C)c(N)c1. The Bertz CT molecular complexity index is 439. The van der Waals surface area contributed by atoms with Gasteiger partial charge in [0.1, 0.15) is 18.0 Å². The first kappa shape index (κ1) is 15.1. The van der Waals surface area contributed by atoms with Crippen molar-refractivity contribution >= 4 is 11.8 Å². The van der Waals surface area contributed by atoms with Gasteiger partial charge in [0, 0.05) is 0 Å². The Morgan fingerprint density at radius 2 is 2.05 bits per heavy atom. The number of ether oxygens (including phenoxy) is 2. The number of carbonyl (C=O) groups is 1. The molecule has 0 saturated heterocycles. The smallest absolute Gasteiger partial charge is 0.407 e. The molecule has 0 heterocycles. The van der Waals surface area contributed by atoms with Gasteiger partial charge in [0.15, 0.2) is 0 Å². The van der Waals surface area contributed by atoms with Crippen molar-refractivity contribution in [1.82, 2.24) is 5.32 Å². The largest absolute Gasteiger partial charge is 0.490 e. The summed E-state index contributed by atoms with van der Waals surface area (Å²) in [6, 6.07) is 5.59. The number of nitrogens with one attached hydrogen (secondary N) is 1. The first-order valence-corrected chi connectivity index (χ1v) is 6.24. The van der Waals surface area contributed by atoms with Crippen LogP contribution in [0.5, 0.6) is 5.75 Å². The van der Waals surface area contributed by atoms with Crippen LogP contribution in [0.1, 0.15) is 26.3 Å². The van der Waals surface area contributed by atoms with E-state index in [1.54, 1.807) is 0 Å². The number of aryl methyl sites for hydroxylation is 1. The van der Waals surface area contributed by atoms with E-state index in [2.05, 4.69) is 5.32 Å². The highest BCUT2D eigenvalue weighted by atomic mass is 16.6. The highest BCUT2D eigenvalue weighted by molar-refractivity contribution is 5.67. The molecular formula is C14H22N2O3. The highest BCUT2D eigenvalue weighted by Crippen LogP contribution is 2.21. The monoisotopic (exact) mass is 266 g/mol. The maximum Gasteiger partial charge on any atom is 0.407 e. The van der Waals surface area contributed by atoms with Crippen molar-refractivity contribution in [1.29, 1.82) is 0 Å². The summed E-state index contributed by atoms with van der Waals surface area (Å²) in [7, 11) is 0. The average Bonchev–Trinajstić information content (AvgIpc) is 2.24. The minimum Gasteiger partial charge on any atom is -0.490 e. The van der Waals surface area contributed by atoms with Crippen molar-refractivity contribution in [2.75, 3.05) is 18.9 Å². The predicted molar refractivity (Wildman–Crippen MR) is 75.3 cm³/mol. The van der Waals surface area contributed by atoms with E-state index in [1.807, 2.05) is 45.9 Å². The van der Waals surface area contributed by atoms with Crippen LogP contribution >= 0.6 is 0 Å². The Labute approximate surface area is 114 Å². The molecule has 0 saturated carbocycles. The van der Waals surface area contributed by atoms with Crippen LogP contribution < -0.4 is 15.8 Å². The van der Waals surface area contributed by atoms with Gasteiger partial charge in [-0.3, -0.25) is 0 Å². The Kier molecular flexibility index (Phi) is 5.03. The van der Waals surface area contributed by atoms with Crippen LogP contribution in [-0.2, 0) is 4.74 Å². The number of anilines is 1. The molecule has 5 heteroatoms. The van der Waals surface area contributed by atoms with Crippen LogP contribution in [0.25, 0.3) is 0 Å². The number of nitrogen functional groups attached to an aromatic ring is 1. The lowest BCUT2D eigenvalue weighted by Gasteiger charge is -2.19. The molecule has 0 atom stereocenters. The maximum absolute atomic E-state index is 11.4. The quantitative estimate of drug-likeness (QED) is 0.648. The third kappa shape index (κ3) is 5.99. The Balaban J connectivity index is 2.29. The number of benzene rings is 1. The summed E-state index contributed by atoms with van der Waals surface area (Å²) in [5.41, 5.74) is 6.99. The second kappa shape index (κ2) is 6.31. The topological polar surface area (TPSA) is 73.6 Å². The second-order valence-corrected chi connectivity index (χ2v) is 5.32. The standard InChI is InChI=1S/C14H22N2O3/c1-10-5-6-12(11(15)9-10)18-8-7-16-13(17)19-14(2,3)4/h5-6,9H,7-8,15H2,1-4H3,(H,16,17). The van der Waals surface area contributed by atoms with Crippen molar-refractivity contribution in [3.05, 3.63) is 23.8 Å². The number of alkyl carbamates (subject to hydrolysis) is 1. The molecule has 0 aliphatic carbocycles. The molecule has 1 aromatic rings. The van der Waals surface area contributed by atoms with E-state index in [0.717, 1.165) is 5.56 Å². The molecule has 1 amide bonds. The summed E-state index contributed by atoms with van der Waals surface area (Å²) >= 11 is 0. The molecule has 1 rings (SSSR count). The normalized spacial score (nSPS) is 10.9. The van der Waals surface area contributed by atoms with E-state index in [9.17, 15) is 4.79 Å². The number of hydrogen-bond acceptors (Lipinski definition) is 4. The molecule has 0 spiro atoms. The lowest BCUT2D eigenvalue weighted by molar-refractivity contribution is 0.0520. The lowest BCUT2D eigenvalue weighted by atomic mass is 10.2. The fraction of sp³-hybridized carbons (Fsp3) is 0.500. The van der Waals surface area contributed by atoms with Crippen molar-refractivity contribution < 1.29 is 14.3 Å². The van der Waals surface area contributed by atoms with Crippen LogP contribution in [0.4, 0.5) is 10.5 Å². The zero-order chi connectivity index (χ0) is 14.5. The van der Waals surface area contributed by atoms with Gasteiger partial charge >= 0.3 is 6.09 Å². The summed E-state index contributed by atoms with van der Waals surface area (Å²) in [6.45, 7) is 8.11. The van der Waals surface area contributed by atoms with Crippen molar-refractivity contribution in [2.24, 2.45) is 0 Å². The van der Waals surface area contributed by atoms with Gasteiger partial charge in [-0.15, -0.1) is 0 Å². The summed E-state index contributed by atoms with van der Waals surface area (Å²) in [5.74, 6) is 0.622. The Morgan fingerprint density at radius 1 is 1.37 bits per heavy atom. The predicted octanol–water partition coefficient (Wildman–Crippen LogP) is 2.48. The zero-order valence-corrected chi connectivity index (χ0v) is 11.9. The van der Waals surface area contributed by atoms with Crippen LogP contribution in [0.3, 0.4) is 0 Å². The van der Waals surface area contributed by atoms with Crippen LogP contribution in [0, 0.1) is 6.92 Å². The lowest BCUT2D eigenvalue weighted by Crippen LogP contribution is -2.34. The minimum atomic E-state index is -0.494. The molecule has 0 radical (unpaired) electrons. The number of nitrogens with two attached hydrogens (primary N) is 1. The molecule has 106 valence electrons. The average molecular weight is 266 g/mol. The molecule has 0 unspecified atom stereocenters. The van der Waals surface area contributed by atoms with Crippen molar-refractivity contribution in [3.8, 4) is 5.75 Å². The molecule has 0 fully saturated rings. The van der Waals surface area contributed by atoms with Crippen molar-refractivity contribution in [3.63, 3.8) is 0 Å². The molecule has 5 nitrogen and oxygen atoms in total. The third-order valence-corrected chi connectivity index (χ3v) is 2.19. The molecule has 0 aromatic heterocycles. The molecule has 19 heavy (non-hydrogen) atoms. The third-order valence-electron chi connectivity index (χ3n) is 2.19. The van der Waals surface area contributed by atoms with E-state index < -0.39 is 11.7 Å². The molecule has 3 N–H and O–H groups in total. The Morgan fingerprint density at radius 3 is 2.63 bits per heavy atom. The van der Waals surface area contributed by atoms with Crippen LogP contribution in [0.15, 0.2) is 18.2 Å². The van der Waals surface area contributed by atoms with Gasteiger partial charge in [0.2, 0.25) is 0 Å². The molecule has 1 aromatic carbocycles. The fourth-order valence-electron chi connectivity index (χ4n) is 1.43. The fourth-order valence-corrected chi connectivity index (χ4v) is 1.43. The molecule has 0 aliphatic heterocycles. The number of hydrogen-bond donors (Lipinski definition) is 2. The summed E-state index contributed by atoms with van der Waals surface area (Å²) in [6.07, 6.45) is -0.451. The van der Waals surface area contributed by atoms with Gasteiger partial charge in [0.25, 0.3) is 0 Å². The van der Waals surface area contributed by atoms with Crippen LogP contribution in [-0.4, -0.2) is 24.8 Å². The molecule has 0 aliphatic rings. The van der Waals surface area contributed by atoms with Crippen LogP contribution in [0.2, 0.25) is 0 Å². The van der Waals surface area contributed by atoms with Gasteiger partial charge in [-0.1, -0.05) is 6.07 Å². The molecule has 0 bridgehead atoms. The summed E-state index contributed by atoms with van der Waals surface area (Å²) < 4.78 is 10.6. The summed E-state index contributed by atoms with van der Waals surface area (Å²) in [4.78, 5) is 11.4. The summed E-state index contributed by atoms with van der Waals surface area (Å²) in [5, 5.41) is 2.61. The zero-order valence-electron chi connectivity index (χ0n) is 11.9. The van der Waals surface area contributed by atoms with Gasteiger partial charge < -0.3 is 20.5 Å². The van der Waals surface area contributed by atoms with E-state index in [0.29, 0.717) is 24.6 Å². The van der Waals surface area contributed by atoms with E-state index in [4.69, 9.17) is 15.2 Å². The number of amides is 1. The Hall–Kier alpha value is -1.91. The minimum absolute atomic E-state index is 0.340. The number of rotatable bonds is 4. The van der Waals surface area contributed by atoms with E-state index in [1.165, 1.54) is 0 Å². The molecular weight excluding hydrogens is 244 g/mol. The first-order valence-electron chi connectivity index (χ1n) is 6.24. The van der Waals surface area contributed by atoms with Crippen molar-refractivity contribution in [2.45, 2.75) is 33.3 Å². The van der Waals surface area contributed by atoms with Gasteiger partial charge in [0.05, 0.1) is 12.2 Å². The van der Waals surface area contributed by atoms with Gasteiger partial charge in [-0.25, -0.2) is 4.79 Å². The number of carbonyl (C=O) groups excluding carboxylic acids is 1. The van der Waals surface area contributed by atoms with Gasteiger partial charge in [-0.2, -0.15) is 0 Å². The van der Waals surface area contributed by atoms with E-state index >= 15 is 0 Å². The van der Waals surface area contributed by atoms with E-state index in [-0.39, 0.29) is 0 Å². The second-order valence-electron chi connectivity index (χ2n) is 5.32. The first-order chi connectivity index (χ1) is 8.78. The van der Waals surface area contributed by atoms with Gasteiger partial charge in [-0.05, 0) is 45.4 Å². The highest BCUT2D eigenvalue weighted by Gasteiger charge is 2.15.